The topological polar surface area (TPSA) is 43.4 Å². The van der Waals surface area contributed by atoms with Gasteiger partial charge in [-0.05, 0) is 31.2 Å². The van der Waals surface area contributed by atoms with Gasteiger partial charge in [-0.1, -0.05) is 47.5 Å². The number of hydrogen-bond donors (Lipinski definition) is 0. The van der Waals surface area contributed by atoms with E-state index in [9.17, 15) is 9.36 Å². The van der Waals surface area contributed by atoms with E-state index in [4.69, 9.17) is 27.7 Å². The van der Waals surface area contributed by atoms with E-state index in [-0.39, 0.29) is 22.2 Å². The van der Waals surface area contributed by atoms with Crippen LogP contribution < -0.4 is 5.30 Å². The van der Waals surface area contributed by atoms with Gasteiger partial charge in [0.25, 0.3) is 5.52 Å². The van der Waals surface area contributed by atoms with Crippen molar-refractivity contribution in [3.05, 3.63) is 64.1 Å². The summed E-state index contributed by atoms with van der Waals surface area (Å²) >= 11 is 12.1. The van der Waals surface area contributed by atoms with Crippen LogP contribution in [0.2, 0.25) is 10.0 Å². The van der Waals surface area contributed by atoms with Crippen molar-refractivity contribution in [2.45, 2.75) is 6.92 Å². The number of benzene rings is 2. The lowest BCUT2D eigenvalue weighted by Crippen LogP contribution is -2.16. The standard InChI is InChI=1S/C15H13Cl2O3P/c1-2-20-21(19,11-7-4-3-5-8-11)15(18)14-12(16)9-6-10-13(14)17/h3-10H,2H2,1H3. The van der Waals surface area contributed by atoms with Gasteiger partial charge in [0.05, 0.1) is 22.2 Å². The summed E-state index contributed by atoms with van der Waals surface area (Å²) in [6.07, 6.45) is 0. The molecule has 0 bridgehead atoms. The number of halogens is 2. The summed E-state index contributed by atoms with van der Waals surface area (Å²) in [6.45, 7) is 1.82. The molecule has 0 saturated heterocycles. The molecule has 2 rings (SSSR count). The molecular formula is C15H13Cl2O3P. The second kappa shape index (κ2) is 6.76. The molecule has 0 aliphatic heterocycles. The van der Waals surface area contributed by atoms with Gasteiger partial charge < -0.3 is 4.52 Å². The zero-order valence-corrected chi connectivity index (χ0v) is 13.7. The molecule has 2 aromatic rings. The SMILES string of the molecule is CCOP(=O)(C(=O)c1c(Cl)cccc1Cl)c1ccccc1. The van der Waals surface area contributed by atoms with Gasteiger partial charge in [0.2, 0.25) is 0 Å². The zero-order valence-electron chi connectivity index (χ0n) is 11.3. The highest BCUT2D eigenvalue weighted by Crippen LogP contribution is 2.50. The molecule has 0 radical (unpaired) electrons. The Bertz CT molecular complexity index is 681. The molecule has 2 aromatic carbocycles. The molecule has 0 spiro atoms. The third kappa shape index (κ3) is 3.22. The molecule has 0 heterocycles. The highest BCUT2D eigenvalue weighted by molar-refractivity contribution is 7.83. The summed E-state index contributed by atoms with van der Waals surface area (Å²) in [6, 6.07) is 13.0. The molecule has 0 N–H and O–H groups in total. The summed E-state index contributed by atoms with van der Waals surface area (Å²) < 4.78 is 18.5. The minimum absolute atomic E-state index is 0.0291. The summed E-state index contributed by atoms with van der Waals surface area (Å²) in [5, 5.41) is 0.638. The van der Waals surface area contributed by atoms with Crippen LogP contribution in [0.25, 0.3) is 0 Å². The first-order chi connectivity index (χ1) is 10.0. The van der Waals surface area contributed by atoms with Gasteiger partial charge in [0.1, 0.15) is 0 Å². The average molecular weight is 343 g/mol. The van der Waals surface area contributed by atoms with Crippen LogP contribution in [0, 0.1) is 0 Å². The fourth-order valence-electron chi connectivity index (χ4n) is 1.91. The molecule has 0 saturated carbocycles. The van der Waals surface area contributed by atoms with Crippen LogP contribution in [-0.2, 0) is 9.09 Å². The molecule has 21 heavy (non-hydrogen) atoms. The molecule has 3 nitrogen and oxygen atoms in total. The maximum Gasteiger partial charge on any atom is 0.300 e. The Labute approximate surface area is 133 Å². The van der Waals surface area contributed by atoms with E-state index in [1.165, 1.54) is 12.1 Å². The van der Waals surface area contributed by atoms with Gasteiger partial charge in [0.15, 0.2) is 0 Å². The second-order valence-electron chi connectivity index (χ2n) is 4.21. The normalized spacial score (nSPS) is 13.7. The van der Waals surface area contributed by atoms with Gasteiger partial charge in [-0.15, -0.1) is 0 Å². The highest BCUT2D eigenvalue weighted by Gasteiger charge is 2.37. The van der Waals surface area contributed by atoms with Crippen molar-refractivity contribution in [3.63, 3.8) is 0 Å². The Kier molecular flexibility index (Phi) is 5.23. The Morgan fingerprint density at radius 2 is 1.62 bits per heavy atom. The van der Waals surface area contributed by atoms with Crippen molar-refractivity contribution >= 4 is 41.4 Å². The monoisotopic (exact) mass is 342 g/mol. The predicted octanol–water partition coefficient (Wildman–Crippen LogP) is 4.77. The highest BCUT2D eigenvalue weighted by atomic mass is 35.5. The molecule has 6 heteroatoms. The summed E-state index contributed by atoms with van der Waals surface area (Å²) in [5.41, 5.74) is -0.660. The van der Waals surface area contributed by atoms with Crippen molar-refractivity contribution in [1.29, 1.82) is 0 Å². The van der Waals surface area contributed by atoms with Crippen molar-refractivity contribution in [2.24, 2.45) is 0 Å². The molecule has 0 fully saturated rings. The maximum atomic E-state index is 13.1. The van der Waals surface area contributed by atoms with Crippen LogP contribution in [0.5, 0.6) is 0 Å². The van der Waals surface area contributed by atoms with Crippen LogP contribution in [0.1, 0.15) is 17.3 Å². The molecule has 1 atom stereocenters. The lowest BCUT2D eigenvalue weighted by Gasteiger charge is -2.18. The quantitative estimate of drug-likeness (QED) is 0.734. The first-order valence-corrected chi connectivity index (χ1v) is 8.68. The second-order valence-corrected chi connectivity index (χ2v) is 7.30. The van der Waals surface area contributed by atoms with Gasteiger partial charge in [-0.25, -0.2) is 0 Å². The fourth-order valence-corrected chi connectivity index (χ4v) is 4.57. The Morgan fingerprint density at radius 1 is 1.05 bits per heavy atom. The third-order valence-corrected chi connectivity index (χ3v) is 5.84. The molecule has 0 amide bonds. The van der Waals surface area contributed by atoms with Gasteiger partial charge >= 0.3 is 7.37 Å². The third-order valence-electron chi connectivity index (χ3n) is 2.85. The van der Waals surface area contributed by atoms with Crippen molar-refractivity contribution < 1.29 is 13.9 Å². The first-order valence-electron chi connectivity index (χ1n) is 6.29. The molecular weight excluding hydrogens is 330 g/mol. The Balaban J connectivity index is 2.59. The maximum absolute atomic E-state index is 13.1. The summed E-state index contributed by atoms with van der Waals surface area (Å²) in [7, 11) is -3.75. The summed E-state index contributed by atoms with van der Waals surface area (Å²) in [5.74, 6) is 0. The number of carbonyl (C=O) groups excluding carboxylic acids is 1. The largest absolute Gasteiger partial charge is 0.320 e. The Hall–Kier alpha value is -1.12. The Morgan fingerprint density at radius 3 is 2.14 bits per heavy atom. The van der Waals surface area contributed by atoms with E-state index in [0.717, 1.165) is 0 Å². The molecule has 0 aliphatic rings. The lowest BCUT2D eigenvalue weighted by molar-refractivity contribution is 0.105. The summed E-state index contributed by atoms with van der Waals surface area (Å²) in [4.78, 5) is 12.7. The average Bonchev–Trinajstić information content (AvgIpc) is 2.48. The van der Waals surface area contributed by atoms with Crippen LogP contribution in [0.4, 0.5) is 0 Å². The molecule has 110 valence electrons. The molecule has 0 aliphatic carbocycles. The van der Waals surface area contributed by atoms with Crippen molar-refractivity contribution in [2.75, 3.05) is 6.61 Å². The zero-order chi connectivity index (χ0) is 15.5. The minimum Gasteiger partial charge on any atom is -0.320 e. The lowest BCUT2D eigenvalue weighted by atomic mass is 10.2. The van der Waals surface area contributed by atoms with E-state index in [2.05, 4.69) is 0 Å². The fraction of sp³-hybridized carbons (Fsp3) is 0.133. The van der Waals surface area contributed by atoms with E-state index in [1.807, 2.05) is 0 Å². The van der Waals surface area contributed by atoms with E-state index in [1.54, 1.807) is 43.3 Å². The number of carbonyl (C=O) groups is 1. The van der Waals surface area contributed by atoms with E-state index in [0.29, 0.717) is 5.30 Å². The number of rotatable bonds is 5. The van der Waals surface area contributed by atoms with Gasteiger partial charge in [-0.3, -0.25) is 9.36 Å². The van der Waals surface area contributed by atoms with Crippen LogP contribution in [0.3, 0.4) is 0 Å². The van der Waals surface area contributed by atoms with Gasteiger partial charge in [0, 0.05) is 5.30 Å². The van der Waals surface area contributed by atoms with Crippen LogP contribution >= 0.6 is 30.6 Å². The van der Waals surface area contributed by atoms with E-state index >= 15 is 0 Å². The van der Waals surface area contributed by atoms with Crippen molar-refractivity contribution in [1.82, 2.24) is 0 Å². The van der Waals surface area contributed by atoms with E-state index < -0.39 is 12.9 Å². The minimum atomic E-state index is -3.75. The molecule has 0 aromatic heterocycles. The first kappa shape index (κ1) is 16.3. The smallest absolute Gasteiger partial charge is 0.300 e. The number of hydrogen-bond acceptors (Lipinski definition) is 3. The van der Waals surface area contributed by atoms with Crippen LogP contribution in [-0.4, -0.2) is 12.1 Å². The van der Waals surface area contributed by atoms with Gasteiger partial charge in [-0.2, -0.15) is 0 Å². The predicted molar refractivity (Wildman–Crippen MR) is 86.1 cm³/mol. The van der Waals surface area contributed by atoms with Crippen LogP contribution in [0.15, 0.2) is 48.5 Å². The molecule has 1 unspecified atom stereocenters. The van der Waals surface area contributed by atoms with Crippen molar-refractivity contribution in [3.8, 4) is 0 Å².